The van der Waals surface area contributed by atoms with Crippen LogP contribution in [0.25, 0.3) is 0 Å². The molecule has 0 aromatic heterocycles. The molecular formula is C13H15NO3. The fraction of sp³-hybridized carbons (Fsp3) is 0.385. The second kappa shape index (κ2) is 4.57. The molecule has 0 aliphatic heterocycles. The zero-order valence-corrected chi connectivity index (χ0v) is 9.64. The summed E-state index contributed by atoms with van der Waals surface area (Å²) in [7, 11) is 0. The van der Waals surface area contributed by atoms with E-state index in [1.54, 1.807) is 0 Å². The molecule has 1 aliphatic rings. The van der Waals surface area contributed by atoms with Gasteiger partial charge >= 0.3 is 5.97 Å². The first kappa shape index (κ1) is 11.6. The van der Waals surface area contributed by atoms with Crippen molar-refractivity contribution in [3.63, 3.8) is 0 Å². The molecule has 0 fully saturated rings. The van der Waals surface area contributed by atoms with Crippen molar-refractivity contribution in [1.29, 1.82) is 0 Å². The Bertz CT molecular complexity index is 431. The molecule has 1 aliphatic carbocycles. The van der Waals surface area contributed by atoms with E-state index in [9.17, 15) is 9.59 Å². The van der Waals surface area contributed by atoms with Gasteiger partial charge in [-0.25, -0.2) is 0 Å². The summed E-state index contributed by atoms with van der Waals surface area (Å²) < 4.78 is 0. The molecule has 0 saturated heterocycles. The van der Waals surface area contributed by atoms with E-state index in [4.69, 9.17) is 5.11 Å². The second-order valence-corrected chi connectivity index (χ2v) is 4.44. The first-order chi connectivity index (χ1) is 8.08. The Morgan fingerprint density at radius 3 is 2.29 bits per heavy atom. The summed E-state index contributed by atoms with van der Waals surface area (Å²) in [6.45, 7) is 1.47. The van der Waals surface area contributed by atoms with E-state index in [0.717, 1.165) is 0 Å². The number of carboxylic acids is 1. The number of fused-ring (bicyclic) bond motifs is 1. The van der Waals surface area contributed by atoms with Crippen LogP contribution < -0.4 is 5.32 Å². The Morgan fingerprint density at radius 1 is 1.29 bits per heavy atom. The van der Waals surface area contributed by atoms with Crippen molar-refractivity contribution in [3.05, 3.63) is 35.4 Å². The number of aliphatic carboxylic acids is 1. The van der Waals surface area contributed by atoms with Crippen molar-refractivity contribution in [2.75, 3.05) is 0 Å². The Balaban J connectivity index is 1.99. The highest BCUT2D eigenvalue weighted by Gasteiger charge is 2.28. The number of carboxylic acid groups (broad SMARTS) is 1. The smallest absolute Gasteiger partial charge is 0.325 e. The number of hydrogen-bond donors (Lipinski definition) is 2. The van der Waals surface area contributed by atoms with Gasteiger partial charge in [-0.2, -0.15) is 0 Å². The van der Waals surface area contributed by atoms with E-state index < -0.39 is 12.0 Å². The number of carbonyl (C=O) groups excluding carboxylic acids is 1. The lowest BCUT2D eigenvalue weighted by molar-refractivity contribution is -0.141. The lowest BCUT2D eigenvalue weighted by Crippen LogP contribution is -2.41. The predicted molar refractivity (Wildman–Crippen MR) is 62.6 cm³/mol. The maximum absolute atomic E-state index is 11.9. The number of hydrogen-bond acceptors (Lipinski definition) is 2. The molecule has 1 amide bonds. The molecule has 2 rings (SSSR count). The summed E-state index contributed by atoms with van der Waals surface area (Å²) in [5, 5.41) is 11.3. The van der Waals surface area contributed by atoms with Crippen molar-refractivity contribution in [2.45, 2.75) is 25.8 Å². The normalized spacial score (nSPS) is 16.3. The summed E-state index contributed by atoms with van der Waals surface area (Å²) in [5.41, 5.74) is 2.38. The monoisotopic (exact) mass is 233 g/mol. The molecule has 0 radical (unpaired) electrons. The van der Waals surface area contributed by atoms with Crippen LogP contribution >= 0.6 is 0 Å². The van der Waals surface area contributed by atoms with Crippen LogP contribution in [0.5, 0.6) is 0 Å². The molecule has 17 heavy (non-hydrogen) atoms. The minimum absolute atomic E-state index is 0.130. The summed E-state index contributed by atoms with van der Waals surface area (Å²) >= 11 is 0. The molecule has 1 aromatic rings. The van der Waals surface area contributed by atoms with E-state index in [1.165, 1.54) is 18.1 Å². The van der Waals surface area contributed by atoms with E-state index in [2.05, 4.69) is 5.32 Å². The highest BCUT2D eigenvalue weighted by molar-refractivity contribution is 5.85. The van der Waals surface area contributed by atoms with Gasteiger partial charge in [0.15, 0.2) is 0 Å². The van der Waals surface area contributed by atoms with E-state index in [1.807, 2.05) is 24.3 Å². The van der Waals surface area contributed by atoms with Crippen LogP contribution in [0.4, 0.5) is 0 Å². The highest BCUT2D eigenvalue weighted by Crippen LogP contribution is 2.26. The second-order valence-electron chi connectivity index (χ2n) is 4.44. The molecule has 1 unspecified atom stereocenters. The van der Waals surface area contributed by atoms with Crippen molar-refractivity contribution in [1.82, 2.24) is 5.32 Å². The van der Waals surface area contributed by atoms with Crippen LogP contribution in [0.3, 0.4) is 0 Å². The Morgan fingerprint density at radius 2 is 1.82 bits per heavy atom. The highest BCUT2D eigenvalue weighted by atomic mass is 16.4. The summed E-state index contributed by atoms with van der Waals surface area (Å²) in [6.07, 6.45) is 1.41. The first-order valence-corrected chi connectivity index (χ1v) is 5.68. The van der Waals surface area contributed by atoms with Crippen LogP contribution in [0.15, 0.2) is 24.3 Å². The lowest BCUT2D eigenvalue weighted by Gasteiger charge is -2.13. The molecule has 4 nitrogen and oxygen atoms in total. The van der Waals surface area contributed by atoms with Gasteiger partial charge in [0, 0.05) is 5.92 Å². The van der Waals surface area contributed by atoms with Gasteiger partial charge in [-0.3, -0.25) is 9.59 Å². The molecule has 90 valence electrons. The summed E-state index contributed by atoms with van der Waals surface area (Å²) in [4.78, 5) is 22.5. The molecule has 0 bridgehead atoms. The number of amides is 1. The third-order valence-corrected chi connectivity index (χ3v) is 3.15. The average Bonchev–Trinajstić information content (AvgIpc) is 2.72. The SMILES string of the molecule is CC(NC(=O)C1Cc2ccccc2C1)C(=O)O. The number of rotatable bonds is 3. The van der Waals surface area contributed by atoms with Crippen LogP contribution in [0.2, 0.25) is 0 Å². The van der Waals surface area contributed by atoms with Gasteiger partial charge in [0.1, 0.15) is 6.04 Å². The largest absolute Gasteiger partial charge is 0.480 e. The predicted octanol–water partition coefficient (Wildman–Crippen LogP) is 0.991. The van der Waals surface area contributed by atoms with Crippen LogP contribution in [-0.4, -0.2) is 23.0 Å². The number of carbonyl (C=O) groups is 2. The topological polar surface area (TPSA) is 66.4 Å². The first-order valence-electron chi connectivity index (χ1n) is 5.68. The van der Waals surface area contributed by atoms with Crippen LogP contribution in [0.1, 0.15) is 18.1 Å². The van der Waals surface area contributed by atoms with Crippen molar-refractivity contribution < 1.29 is 14.7 Å². The summed E-state index contributed by atoms with van der Waals surface area (Å²) in [6, 6.07) is 7.12. The molecule has 0 heterocycles. The van der Waals surface area contributed by atoms with Gasteiger partial charge < -0.3 is 10.4 Å². The van der Waals surface area contributed by atoms with Gasteiger partial charge in [-0.1, -0.05) is 24.3 Å². The number of benzene rings is 1. The van der Waals surface area contributed by atoms with Crippen molar-refractivity contribution in [3.8, 4) is 0 Å². The van der Waals surface area contributed by atoms with Gasteiger partial charge in [-0.15, -0.1) is 0 Å². The van der Waals surface area contributed by atoms with Crippen molar-refractivity contribution in [2.24, 2.45) is 5.92 Å². The summed E-state index contributed by atoms with van der Waals surface area (Å²) in [5.74, 6) is -1.31. The van der Waals surface area contributed by atoms with Crippen molar-refractivity contribution >= 4 is 11.9 Å². The Labute approximate surface area is 99.6 Å². The van der Waals surface area contributed by atoms with Crippen LogP contribution in [0, 0.1) is 5.92 Å². The maximum Gasteiger partial charge on any atom is 0.325 e. The molecule has 1 atom stereocenters. The lowest BCUT2D eigenvalue weighted by atomic mass is 10.1. The molecular weight excluding hydrogens is 218 g/mol. The minimum Gasteiger partial charge on any atom is -0.480 e. The van der Waals surface area contributed by atoms with Gasteiger partial charge in [0.05, 0.1) is 0 Å². The standard InChI is InChI=1S/C13H15NO3/c1-8(13(16)17)14-12(15)11-6-9-4-2-3-5-10(9)7-11/h2-5,8,11H,6-7H2,1H3,(H,14,15)(H,16,17). The number of nitrogens with one attached hydrogen (secondary N) is 1. The van der Waals surface area contributed by atoms with E-state index in [0.29, 0.717) is 12.8 Å². The van der Waals surface area contributed by atoms with E-state index >= 15 is 0 Å². The zero-order chi connectivity index (χ0) is 12.4. The van der Waals surface area contributed by atoms with Gasteiger partial charge in [0.2, 0.25) is 5.91 Å². The quantitative estimate of drug-likeness (QED) is 0.818. The van der Waals surface area contributed by atoms with Gasteiger partial charge in [-0.05, 0) is 30.9 Å². The molecule has 2 N–H and O–H groups in total. The molecule has 0 spiro atoms. The third-order valence-electron chi connectivity index (χ3n) is 3.15. The van der Waals surface area contributed by atoms with E-state index in [-0.39, 0.29) is 11.8 Å². The Hall–Kier alpha value is -1.84. The minimum atomic E-state index is -1.01. The molecule has 4 heteroatoms. The maximum atomic E-state index is 11.9. The molecule has 0 saturated carbocycles. The zero-order valence-electron chi connectivity index (χ0n) is 9.64. The third kappa shape index (κ3) is 2.46. The Kier molecular flexibility index (Phi) is 3.13. The van der Waals surface area contributed by atoms with Gasteiger partial charge in [0.25, 0.3) is 0 Å². The van der Waals surface area contributed by atoms with Crippen LogP contribution in [-0.2, 0) is 22.4 Å². The average molecular weight is 233 g/mol. The fourth-order valence-corrected chi connectivity index (χ4v) is 2.14. The molecule has 1 aromatic carbocycles. The fourth-order valence-electron chi connectivity index (χ4n) is 2.14.